The molecule has 0 bridgehead atoms. The van der Waals surface area contributed by atoms with Crippen LogP contribution in [0.25, 0.3) is 0 Å². The van der Waals surface area contributed by atoms with Gasteiger partial charge >= 0.3 is 0 Å². The van der Waals surface area contributed by atoms with Gasteiger partial charge in [-0.3, -0.25) is 4.79 Å². The monoisotopic (exact) mass is 311 g/mol. The van der Waals surface area contributed by atoms with Crippen molar-refractivity contribution in [2.75, 3.05) is 18.5 Å². The molecule has 2 aromatic rings. The molecule has 0 heterocycles. The van der Waals surface area contributed by atoms with Gasteiger partial charge in [0.25, 0.3) is 5.91 Å². The molecule has 1 N–H and O–H groups in total. The first kappa shape index (κ1) is 16.6. The summed E-state index contributed by atoms with van der Waals surface area (Å²) in [5, 5.41) is 2.79. The topological polar surface area (TPSA) is 47.6 Å². The third kappa shape index (κ3) is 5.51. The molecule has 0 fully saturated rings. The Morgan fingerprint density at radius 2 is 1.87 bits per heavy atom. The van der Waals surface area contributed by atoms with E-state index < -0.39 is 0 Å². The number of nitrogens with one attached hydrogen (secondary N) is 1. The van der Waals surface area contributed by atoms with Crippen LogP contribution in [0.5, 0.6) is 11.5 Å². The van der Waals surface area contributed by atoms with Crippen molar-refractivity contribution in [2.24, 2.45) is 0 Å². The zero-order valence-electron chi connectivity index (χ0n) is 13.5. The molecule has 0 radical (unpaired) electrons. The minimum absolute atomic E-state index is 0.0400. The van der Waals surface area contributed by atoms with Crippen LogP contribution in [0.15, 0.2) is 60.7 Å². The number of aryl methyl sites for hydroxylation is 1. The van der Waals surface area contributed by atoms with E-state index in [-0.39, 0.29) is 12.5 Å². The largest absolute Gasteiger partial charge is 0.489 e. The molecule has 0 aromatic heterocycles. The standard InChI is InChI=1S/C19H21NO3/c1-14(2)12-22-17-9-6-8-16(11-17)20-19(21)13-23-18-10-5-4-7-15(18)3/h4-11H,1,12-13H2,2-3H3,(H,20,21). The van der Waals surface area contributed by atoms with Gasteiger partial charge < -0.3 is 14.8 Å². The molecule has 120 valence electrons. The lowest BCUT2D eigenvalue weighted by Crippen LogP contribution is -2.20. The van der Waals surface area contributed by atoms with Crippen LogP contribution in [-0.4, -0.2) is 19.1 Å². The summed E-state index contributed by atoms with van der Waals surface area (Å²) in [6.07, 6.45) is 0. The first-order valence-corrected chi connectivity index (χ1v) is 7.40. The first-order chi connectivity index (χ1) is 11.0. The second-order valence-corrected chi connectivity index (χ2v) is 5.38. The molecule has 0 unspecified atom stereocenters. The number of carbonyl (C=O) groups excluding carboxylic acids is 1. The fraction of sp³-hybridized carbons (Fsp3) is 0.211. The van der Waals surface area contributed by atoms with Crippen molar-refractivity contribution in [2.45, 2.75) is 13.8 Å². The van der Waals surface area contributed by atoms with Crippen molar-refractivity contribution in [1.82, 2.24) is 0 Å². The molecular weight excluding hydrogens is 290 g/mol. The number of carbonyl (C=O) groups is 1. The maximum absolute atomic E-state index is 12.0. The Kier molecular flexibility index (Phi) is 5.80. The molecule has 1 amide bonds. The molecule has 0 spiro atoms. The molecule has 0 saturated heterocycles. The highest BCUT2D eigenvalue weighted by Crippen LogP contribution is 2.19. The maximum Gasteiger partial charge on any atom is 0.262 e. The first-order valence-electron chi connectivity index (χ1n) is 7.40. The summed E-state index contributed by atoms with van der Waals surface area (Å²) in [7, 11) is 0. The summed E-state index contributed by atoms with van der Waals surface area (Å²) in [6.45, 7) is 8.04. The fourth-order valence-corrected chi connectivity index (χ4v) is 1.93. The van der Waals surface area contributed by atoms with Gasteiger partial charge in [-0.1, -0.05) is 30.8 Å². The van der Waals surface area contributed by atoms with Crippen molar-refractivity contribution in [1.29, 1.82) is 0 Å². The van der Waals surface area contributed by atoms with Crippen LogP contribution in [0.1, 0.15) is 12.5 Å². The highest BCUT2D eigenvalue weighted by Gasteiger charge is 2.06. The van der Waals surface area contributed by atoms with Crippen molar-refractivity contribution in [3.8, 4) is 11.5 Å². The highest BCUT2D eigenvalue weighted by molar-refractivity contribution is 5.92. The molecule has 0 aliphatic heterocycles. The lowest BCUT2D eigenvalue weighted by atomic mass is 10.2. The molecule has 0 saturated carbocycles. The van der Waals surface area contributed by atoms with Gasteiger partial charge in [-0.15, -0.1) is 0 Å². The normalized spacial score (nSPS) is 10.0. The Morgan fingerprint density at radius 3 is 2.61 bits per heavy atom. The summed E-state index contributed by atoms with van der Waals surface area (Å²) in [5.41, 5.74) is 2.60. The van der Waals surface area contributed by atoms with Crippen LogP contribution < -0.4 is 14.8 Å². The number of ether oxygens (including phenoxy) is 2. The zero-order chi connectivity index (χ0) is 16.7. The second kappa shape index (κ2) is 8.03. The Bertz CT molecular complexity index is 695. The smallest absolute Gasteiger partial charge is 0.262 e. The lowest BCUT2D eigenvalue weighted by Gasteiger charge is -2.11. The Hall–Kier alpha value is -2.75. The average Bonchev–Trinajstić information content (AvgIpc) is 2.52. The number of anilines is 1. The maximum atomic E-state index is 12.0. The number of rotatable bonds is 7. The number of benzene rings is 2. The third-order valence-electron chi connectivity index (χ3n) is 3.06. The summed E-state index contributed by atoms with van der Waals surface area (Å²) >= 11 is 0. The van der Waals surface area contributed by atoms with Gasteiger partial charge in [0.2, 0.25) is 0 Å². The van der Waals surface area contributed by atoms with Gasteiger partial charge in [-0.05, 0) is 43.2 Å². The lowest BCUT2D eigenvalue weighted by molar-refractivity contribution is -0.118. The van der Waals surface area contributed by atoms with Crippen molar-refractivity contribution >= 4 is 11.6 Å². The van der Waals surface area contributed by atoms with Gasteiger partial charge in [-0.25, -0.2) is 0 Å². The predicted molar refractivity (Wildman–Crippen MR) is 92.1 cm³/mol. The average molecular weight is 311 g/mol. The van der Waals surface area contributed by atoms with E-state index >= 15 is 0 Å². The van der Waals surface area contributed by atoms with E-state index in [9.17, 15) is 4.79 Å². The molecule has 23 heavy (non-hydrogen) atoms. The van der Waals surface area contributed by atoms with Crippen molar-refractivity contribution in [3.63, 3.8) is 0 Å². The van der Waals surface area contributed by atoms with E-state index in [1.54, 1.807) is 12.1 Å². The number of hydrogen-bond donors (Lipinski definition) is 1. The Morgan fingerprint density at radius 1 is 1.09 bits per heavy atom. The van der Waals surface area contributed by atoms with E-state index in [2.05, 4.69) is 11.9 Å². The second-order valence-electron chi connectivity index (χ2n) is 5.38. The van der Waals surface area contributed by atoms with Gasteiger partial charge in [0.05, 0.1) is 0 Å². The molecule has 2 rings (SSSR count). The van der Waals surface area contributed by atoms with E-state index in [1.807, 2.05) is 50.2 Å². The molecule has 2 aromatic carbocycles. The van der Waals surface area contributed by atoms with Gasteiger partial charge in [-0.2, -0.15) is 0 Å². The molecule has 4 heteroatoms. The molecule has 0 atom stereocenters. The number of hydrogen-bond acceptors (Lipinski definition) is 3. The predicted octanol–water partition coefficient (Wildman–Crippen LogP) is 3.97. The molecule has 0 aliphatic rings. The number of amides is 1. The third-order valence-corrected chi connectivity index (χ3v) is 3.06. The van der Waals surface area contributed by atoms with Crippen LogP contribution in [-0.2, 0) is 4.79 Å². The summed E-state index contributed by atoms with van der Waals surface area (Å²) in [5.74, 6) is 1.18. The summed E-state index contributed by atoms with van der Waals surface area (Å²) in [6, 6.07) is 14.8. The SMILES string of the molecule is C=C(C)COc1cccc(NC(=O)COc2ccccc2C)c1. The van der Waals surface area contributed by atoms with Gasteiger partial charge in [0.15, 0.2) is 6.61 Å². The van der Waals surface area contributed by atoms with Crippen molar-refractivity contribution < 1.29 is 14.3 Å². The molecular formula is C19H21NO3. The summed E-state index contributed by atoms with van der Waals surface area (Å²) < 4.78 is 11.1. The Labute approximate surface area is 136 Å². The zero-order valence-corrected chi connectivity index (χ0v) is 13.5. The molecule has 0 aliphatic carbocycles. The van der Waals surface area contributed by atoms with E-state index in [4.69, 9.17) is 9.47 Å². The highest BCUT2D eigenvalue weighted by atomic mass is 16.5. The van der Waals surface area contributed by atoms with Gasteiger partial charge in [0.1, 0.15) is 18.1 Å². The van der Waals surface area contributed by atoms with Crippen LogP contribution in [0.2, 0.25) is 0 Å². The van der Waals surface area contributed by atoms with Crippen molar-refractivity contribution in [3.05, 3.63) is 66.2 Å². The van der Waals surface area contributed by atoms with E-state index in [0.717, 1.165) is 11.1 Å². The fourth-order valence-electron chi connectivity index (χ4n) is 1.93. The molecule has 4 nitrogen and oxygen atoms in total. The van der Waals surface area contributed by atoms with Crippen LogP contribution in [0, 0.1) is 6.92 Å². The number of para-hydroxylation sites is 1. The summed E-state index contributed by atoms with van der Waals surface area (Å²) in [4.78, 5) is 12.0. The minimum atomic E-state index is -0.217. The van der Waals surface area contributed by atoms with E-state index in [0.29, 0.717) is 23.8 Å². The van der Waals surface area contributed by atoms with Crippen LogP contribution >= 0.6 is 0 Å². The van der Waals surface area contributed by atoms with Crippen LogP contribution in [0.4, 0.5) is 5.69 Å². The van der Waals surface area contributed by atoms with Crippen LogP contribution in [0.3, 0.4) is 0 Å². The Balaban J connectivity index is 1.89. The van der Waals surface area contributed by atoms with Gasteiger partial charge in [0, 0.05) is 11.8 Å². The minimum Gasteiger partial charge on any atom is -0.489 e. The quantitative estimate of drug-likeness (QED) is 0.787. The van der Waals surface area contributed by atoms with E-state index in [1.165, 1.54) is 0 Å².